The van der Waals surface area contributed by atoms with E-state index in [2.05, 4.69) is 4.90 Å². The first kappa shape index (κ1) is 9.17. The SMILES string of the molecule is C1CCC2C(C1)CCCN2CC1CO1. The van der Waals surface area contributed by atoms with Crippen LogP contribution in [0.3, 0.4) is 0 Å². The van der Waals surface area contributed by atoms with Gasteiger partial charge >= 0.3 is 0 Å². The van der Waals surface area contributed by atoms with Gasteiger partial charge in [-0.05, 0) is 38.1 Å². The van der Waals surface area contributed by atoms with Crippen molar-refractivity contribution in [2.45, 2.75) is 50.7 Å². The second-order valence-corrected chi connectivity index (χ2v) is 5.20. The summed E-state index contributed by atoms with van der Waals surface area (Å²) in [6.07, 6.45) is 9.40. The highest BCUT2D eigenvalue weighted by atomic mass is 16.6. The third kappa shape index (κ3) is 1.82. The van der Waals surface area contributed by atoms with Crippen LogP contribution in [0.4, 0.5) is 0 Å². The van der Waals surface area contributed by atoms with Crippen molar-refractivity contribution in [1.82, 2.24) is 4.90 Å². The van der Waals surface area contributed by atoms with E-state index in [1.807, 2.05) is 0 Å². The molecule has 3 aliphatic rings. The summed E-state index contributed by atoms with van der Waals surface area (Å²) in [5.41, 5.74) is 0. The Morgan fingerprint density at radius 1 is 1.07 bits per heavy atom. The van der Waals surface area contributed by atoms with Crippen LogP contribution >= 0.6 is 0 Å². The maximum absolute atomic E-state index is 5.35. The first-order valence-electron chi connectivity index (χ1n) is 6.29. The highest BCUT2D eigenvalue weighted by Gasteiger charge is 2.36. The molecule has 2 saturated heterocycles. The number of fused-ring (bicyclic) bond motifs is 1. The lowest BCUT2D eigenvalue weighted by Gasteiger charge is -2.44. The van der Waals surface area contributed by atoms with Crippen LogP contribution < -0.4 is 0 Å². The number of piperidine rings is 1. The number of epoxide rings is 1. The molecule has 3 atom stereocenters. The molecule has 2 nitrogen and oxygen atoms in total. The van der Waals surface area contributed by atoms with Crippen LogP contribution in [0.2, 0.25) is 0 Å². The molecule has 3 unspecified atom stereocenters. The molecule has 14 heavy (non-hydrogen) atoms. The normalized spacial score (nSPS) is 43.3. The minimum Gasteiger partial charge on any atom is -0.372 e. The van der Waals surface area contributed by atoms with Crippen molar-refractivity contribution in [3.8, 4) is 0 Å². The molecule has 0 amide bonds. The fourth-order valence-electron chi connectivity index (χ4n) is 3.39. The molecule has 2 heterocycles. The molecule has 0 aromatic heterocycles. The second-order valence-electron chi connectivity index (χ2n) is 5.20. The van der Waals surface area contributed by atoms with E-state index >= 15 is 0 Å². The quantitative estimate of drug-likeness (QED) is 0.627. The summed E-state index contributed by atoms with van der Waals surface area (Å²) >= 11 is 0. The van der Waals surface area contributed by atoms with Crippen molar-refractivity contribution in [2.24, 2.45) is 5.92 Å². The number of nitrogens with zero attached hydrogens (tertiary/aromatic N) is 1. The monoisotopic (exact) mass is 195 g/mol. The maximum atomic E-state index is 5.35. The standard InChI is InChI=1S/C12H21NO/c1-2-6-12-10(4-1)5-3-7-13(12)8-11-9-14-11/h10-12H,1-9H2. The molecule has 2 heteroatoms. The van der Waals surface area contributed by atoms with Crippen molar-refractivity contribution in [2.75, 3.05) is 19.7 Å². The molecule has 0 aromatic rings. The highest BCUT2D eigenvalue weighted by Crippen LogP contribution is 2.35. The average molecular weight is 195 g/mol. The zero-order valence-corrected chi connectivity index (χ0v) is 8.95. The van der Waals surface area contributed by atoms with Gasteiger partial charge in [-0.3, -0.25) is 4.90 Å². The molecule has 3 fully saturated rings. The van der Waals surface area contributed by atoms with E-state index in [0.717, 1.165) is 18.6 Å². The van der Waals surface area contributed by atoms with Gasteiger partial charge in [0.15, 0.2) is 0 Å². The molecule has 0 bridgehead atoms. The largest absolute Gasteiger partial charge is 0.372 e. The van der Waals surface area contributed by atoms with Crippen LogP contribution in [0, 0.1) is 5.92 Å². The number of ether oxygens (including phenoxy) is 1. The van der Waals surface area contributed by atoms with Crippen molar-refractivity contribution in [1.29, 1.82) is 0 Å². The fourth-order valence-corrected chi connectivity index (χ4v) is 3.39. The van der Waals surface area contributed by atoms with Crippen LogP contribution in [-0.2, 0) is 4.74 Å². The Morgan fingerprint density at radius 2 is 1.86 bits per heavy atom. The van der Waals surface area contributed by atoms with E-state index in [1.165, 1.54) is 51.6 Å². The van der Waals surface area contributed by atoms with Gasteiger partial charge < -0.3 is 4.74 Å². The fraction of sp³-hybridized carbons (Fsp3) is 1.00. The van der Waals surface area contributed by atoms with Gasteiger partial charge in [0.25, 0.3) is 0 Å². The summed E-state index contributed by atoms with van der Waals surface area (Å²) < 4.78 is 5.35. The highest BCUT2D eigenvalue weighted by molar-refractivity contribution is 4.89. The van der Waals surface area contributed by atoms with Crippen molar-refractivity contribution in [3.05, 3.63) is 0 Å². The van der Waals surface area contributed by atoms with E-state index in [-0.39, 0.29) is 0 Å². The van der Waals surface area contributed by atoms with Crippen LogP contribution in [-0.4, -0.2) is 36.7 Å². The molecular weight excluding hydrogens is 174 g/mol. The van der Waals surface area contributed by atoms with Gasteiger partial charge in [0, 0.05) is 12.6 Å². The summed E-state index contributed by atoms with van der Waals surface area (Å²) in [6.45, 7) is 3.58. The smallest absolute Gasteiger partial charge is 0.0936 e. The Bertz CT molecular complexity index is 200. The Hall–Kier alpha value is -0.0800. The molecule has 0 radical (unpaired) electrons. The minimum absolute atomic E-state index is 0.593. The molecule has 0 spiro atoms. The summed E-state index contributed by atoms with van der Waals surface area (Å²) in [6, 6.07) is 0.918. The van der Waals surface area contributed by atoms with Gasteiger partial charge in [0.1, 0.15) is 0 Å². The Kier molecular flexibility index (Phi) is 2.50. The van der Waals surface area contributed by atoms with E-state index in [9.17, 15) is 0 Å². The number of likely N-dealkylation sites (tertiary alicyclic amines) is 1. The van der Waals surface area contributed by atoms with E-state index in [0.29, 0.717) is 6.10 Å². The molecular formula is C12H21NO. The van der Waals surface area contributed by atoms with Crippen molar-refractivity contribution < 1.29 is 4.74 Å². The topological polar surface area (TPSA) is 15.8 Å². The third-order valence-corrected chi connectivity index (χ3v) is 4.20. The van der Waals surface area contributed by atoms with Gasteiger partial charge in [-0.25, -0.2) is 0 Å². The number of hydrogen-bond donors (Lipinski definition) is 0. The lowest BCUT2D eigenvalue weighted by atomic mass is 9.78. The van der Waals surface area contributed by atoms with Crippen molar-refractivity contribution in [3.63, 3.8) is 0 Å². The Balaban J connectivity index is 1.63. The van der Waals surface area contributed by atoms with Crippen LogP contribution in [0.15, 0.2) is 0 Å². The molecule has 3 rings (SSSR count). The summed E-state index contributed by atoms with van der Waals surface area (Å²) in [5, 5.41) is 0. The zero-order chi connectivity index (χ0) is 9.38. The van der Waals surface area contributed by atoms with Crippen molar-refractivity contribution >= 4 is 0 Å². The van der Waals surface area contributed by atoms with Crippen LogP contribution in [0.1, 0.15) is 38.5 Å². The van der Waals surface area contributed by atoms with Gasteiger partial charge in [0.2, 0.25) is 0 Å². The number of hydrogen-bond acceptors (Lipinski definition) is 2. The first-order valence-corrected chi connectivity index (χ1v) is 6.29. The third-order valence-electron chi connectivity index (χ3n) is 4.20. The van der Waals surface area contributed by atoms with Gasteiger partial charge in [-0.2, -0.15) is 0 Å². The minimum atomic E-state index is 0.593. The molecule has 2 aliphatic heterocycles. The zero-order valence-electron chi connectivity index (χ0n) is 8.95. The second kappa shape index (κ2) is 3.82. The Morgan fingerprint density at radius 3 is 2.71 bits per heavy atom. The predicted octanol–water partition coefficient (Wildman–Crippen LogP) is 2.04. The van der Waals surface area contributed by atoms with E-state index in [1.54, 1.807) is 0 Å². The van der Waals surface area contributed by atoms with Crippen LogP contribution in [0.25, 0.3) is 0 Å². The molecule has 1 aliphatic carbocycles. The molecule has 0 aromatic carbocycles. The van der Waals surface area contributed by atoms with E-state index < -0.39 is 0 Å². The number of rotatable bonds is 2. The lowest BCUT2D eigenvalue weighted by Crippen LogP contribution is -2.48. The summed E-state index contributed by atoms with van der Waals surface area (Å²) in [7, 11) is 0. The van der Waals surface area contributed by atoms with Gasteiger partial charge in [0.05, 0.1) is 12.7 Å². The lowest BCUT2D eigenvalue weighted by molar-refractivity contribution is 0.0553. The molecule has 0 N–H and O–H groups in total. The average Bonchev–Trinajstić information content (AvgIpc) is 3.03. The first-order chi connectivity index (χ1) is 6.93. The maximum Gasteiger partial charge on any atom is 0.0936 e. The van der Waals surface area contributed by atoms with Gasteiger partial charge in [-0.15, -0.1) is 0 Å². The predicted molar refractivity (Wildman–Crippen MR) is 56.3 cm³/mol. The van der Waals surface area contributed by atoms with Gasteiger partial charge in [-0.1, -0.05) is 12.8 Å². The summed E-state index contributed by atoms with van der Waals surface area (Å²) in [4.78, 5) is 2.73. The summed E-state index contributed by atoms with van der Waals surface area (Å²) in [5.74, 6) is 1.02. The Labute approximate surface area is 86.6 Å². The molecule has 80 valence electrons. The van der Waals surface area contributed by atoms with E-state index in [4.69, 9.17) is 4.74 Å². The van der Waals surface area contributed by atoms with Crippen LogP contribution in [0.5, 0.6) is 0 Å². The molecule has 1 saturated carbocycles.